The van der Waals surface area contributed by atoms with Gasteiger partial charge in [0.05, 0.1) is 13.2 Å². The molecule has 4 nitrogen and oxygen atoms in total. The highest BCUT2D eigenvalue weighted by Crippen LogP contribution is 2.16. The number of thiol groups is 1. The Morgan fingerprint density at radius 3 is 2.79 bits per heavy atom. The molecule has 1 saturated heterocycles. The Bertz CT molecular complexity index is 393. The lowest BCUT2D eigenvalue weighted by Crippen LogP contribution is -2.40. The van der Waals surface area contributed by atoms with Crippen LogP contribution in [-0.4, -0.2) is 42.5 Å². The molecule has 1 unspecified atom stereocenters. The van der Waals surface area contributed by atoms with Gasteiger partial charge in [-0.05, 0) is 18.2 Å². The summed E-state index contributed by atoms with van der Waals surface area (Å²) in [4.78, 5) is 13.8. The van der Waals surface area contributed by atoms with E-state index in [-0.39, 0.29) is 11.3 Å². The standard InChI is InChI=1S/C14H18NO3S/c16-13(15-8-10-17-11-9-15)6-7-14(19)18-12-4-2-1-3-5-12/h2-5,14,19H,6-11H2. The fourth-order valence-corrected chi connectivity index (χ4v) is 2.13. The highest BCUT2D eigenvalue weighted by molar-refractivity contribution is 7.80. The second kappa shape index (κ2) is 7.40. The van der Waals surface area contributed by atoms with Crippen molar-refractivity contribution in [3.63, 3.8) is 0 Å². The molecule has 1 amide bonds. The maximum absolute atomic E-state index is 11.9. The minimum atomic E-state index is -0.271. The first-order chi connectivity index (χ1) is 9.25. The third-order valence-corrected chi connectivity index (χ3v) is 3.29. The minimum absolute atomic E-state index is 0.146. The molecule has 0 N–H and O–H groups in total. The molecule has 2 rings (SSSR count). The summed E-state index contributed by atoms with van der Waals surface area (Å²) < 4.78 is 10.8. The van der Waals surface area contributed by atoms with Gasteiger partial charge in [0.25, 0.3) is 0 Å². The van der Waals surface area contributed by atoms with Gasteiger partial charge in [0, 0.05) is 25.9 Å². The number of carbonyl (C=O) groups is 1. The first-order valence-electron chi connectivity index (χ1n) is 6.42. The quantitative estimate of drug-likeness (QED) is 0.660. The number of morpholine rings is 1. The number of hydrogen-bond acceptors (Lipinski definition) is 4. The summed E-state index contributed by atoms with van der Waals surface area (Å²) >= 11 is 4.35. The Balaban J connectivity index is 1.71. The van der Waals surface area contributed by atoms with Crippen LogP contribution in [0.5, 0.6) is 5.75 Å². The van der Waals surface area contributed by atoms with E-state index < -0.39 is 0 Å². The first kappa shape index (κ1) is 14.2. The van der Waals surface area contributed by atoms with Crippen molar-refractivity contribution in [3.8, 4) is 5.75 Å². The highest BCUT2D eigenvalue weighted by atomic mass is 32.1. The third-order valence-electron chi connectivity index (χ3n) is 2.93. The molecule has 1 fully saturated rings. The average Bonchev–Trinajstić information content (AvgIpc) is 2.47. The van der Waals surface area contributed by atoms with Gasteiger partial charge in [0.2, 0.25) is 5.91 Å². The van der Waals surface area contributed by atoms with E-state index in [2.05, 4.69) is 18.7 Å². The highest BCUT2D eigenvalue weighted by Gasteiger charge is 2.17. The molecule has 0 saturated carbocycles. The fraction of sp³-hybridized carbons (Fsp3) is 0.500. The zero-order valence-corrected chi connectivity index (χ0v) is 11.6. The summed E-state index contributed by atoms with van der Waals surface area (Å²) in [5, 5.41) is 0. The van der Waals surface area contributed by atoms with Crippen molar-refractivity contribution in [1.82, 2.24) is 4.90 Å². The maximum Gasteiger partial charge on any atom is 0.222 e. The lowest BCUT2D eigenvalue weighted by molar-refractivity contribution is -0.135. The van der Waals surface area contributed by atoms with Crippen LogP contribution in [-0.2, 0) is 9.53 Å². The predicted molar refractivity (Wildman–Crippen MR) is 75.3 cm³/mol. The lowest BCUT2D eigenvalue weighted by Gasteiger charge is -2.27. The van der Waals surface area contributed by atoms with E-state index in [1.165, 1.54) is 0 Å². The monoisotopic (exact) mass is 280 g/mol. The number of amides is 1. The average molecular weight is 280 g/mol. The molecule has 19 heavy (non-hydrogen) atoms. The van der Waals surface area contributed by atoms with Gasteiger partial charge in [0.1, 0.15) is 11.2 Å². The second-order valence-electron chi connectivity index (χ2n) is 4.34. The molecule has 0 bridgehead atoms. The molecule has 5 heteroatoms. The van der Waals surface area contributed by atoms with Crippen LogP contribution in [0.4, 0.5) is 0 Å². The minimum Gasteiger partial charge on any atom is -0.480 e. The van der Waals surface area contributed by atoms with Crippen LogP contribution < -0.4 is 4.74 Å². The zero-order valence-electron chi connectivity index (χ0n) is 10.7. The van der Waals surface area contributed by atoms with Crippen LogP contribution >= 0.6 is 12.6 Å². The summed E-state index contributed by atoms with van der Waals surface area (Å²) in [7, 11) is 0. The molecule has 1 aliphatic rings. The second-order valence-corrected chi connectivity index (χ2v) is 4.92. The Kier molecular flexibility index (Phi) is 5.54. The molecule has 103 valence electrons. The number of rotatable bonds is 5. The van der Waals surface area contributed by atoms with Crippen molar-refractivity contribution < 1.29 is 14.3 Å². The van der Waals surface area contributed by atoms with E-state index in [9.17, 15) is 4.79 Å². The van der Waals surface area contributed by atoms with Crippen LogP contribution in [0.25, 0.3) is 0 Å². The van der Waals surface area contributed by atoms with Crippen molar-refractivity contribution in [1.29, 1.82) is 0 Å². The predicted octanol–water partition coefficient (Wildman–Crippen LogP) is 1.76. The van der Waals surface area contributed by atoms with Crippen LogP contribution in [0, 0.1) is 6.07 Å². The zero-order chi connectivity index (χ0) is 13.5. The Hall–Kier alpha value is -1.20. The number of benzene rings is 1. The van der Waals surface area contributed by atoms with Gasteiger partial charge >= 0.3 is 0 Å². The van der Waals surface area contributed by atoms with Crippen molar-refractivity contribution in [2.45, 2.75) is 18.3 Å². The van der Waals surface area contributed by atoms with Crippen molar-refractivity contribution in [2.75, 3.05) is 26.3 Å². The Morgan fingerprint density at radius 2 is 2.11 bits per heavy atom. The molecule has 1 aromatic rings. The maximum atomic E-state index is 11.9. The largest absolute Gasteiger partial charge is 0.480 e. The van der Waals surface area contributed by atoms with Crippen molar-refractivity contribution >= 4 is 18.5 Å². The first-order valence-corrected chi connectivity index (χ1v) is 6.94. The SMILES string of the molecule is O=C(CCC(S)Oc1cc[c]cc1)N1CCOCC1. The van der Waals surface area contributed by atoms with Gasteiger partial charge in [-0.15, -0.1) is 12.6 Å². The molecular formula is C14H18NO3S. The van der Waals surface area contributed by atoms with Gasteiger partial charge in [-0.3, -0.25) is 4.79 Å². The summed E-state index contributed by atoms with van der Waals surface area (Å²) in [6, 6.07) is 10.1. The van der Waals surface area contributed by atoms with Gasteiger partial charge < -0.3 is 14.4 Å². The van der Waals surface area contributed by atoms with Crippen LogP contribution in [0.3, 0.4) is 0 Å². The van der Waals surface area contributed by atoms with Gasteiger partial charge in [0.15, 0.2) is 0 Å². The molecule has 0 spiro atoms. The number of ether oxygens (including phenoxy) is 2. The topological polar surface area (TPSA) is 38.8 Å². The normalized spacial score (nSPS) is 17.0. The molecule has 1 radical (unpaired) electrons. The Morgan fingerprint density at radius 1 is 1.42 bits per heavy atom. The van der Waals surface area contributed by atoms with Gasteiger partial charge in [-0.25, -0.2) is 0 Å². The van der Waals surface area contributed by atoms with E-state index in [1.807, 2.05) is 17.0 Å². The number of nitrogens with zero attached hydrogens (tertiary/aromatic N) is 1. The van der Waals surface area contributed by atoms with Crippen molar-refractivity contribution in [3.05, 3.63) is 30.3 Å². The Labute approximate surface area is 119 Å². The summed E-state index contributed by atoms with van der Waals surface area (Å²) in [5.41, 5.74) is -0.271. The molecule has 0 aliphatic carbocycles. The molecule has 1 aromatic carbocycles. The van der Waals surface area contributed by atoms with Crippen molar-refractivity contribution in [2.24, 2.45) is 0 Å². The summed E-state index contributed by atoms with van der Waals surface area (Å²) in [6.45, 7) is 2.64. The van der Waals surface area contributed by atoms with E-state index in [4.69, 9.17) is 9.47 Å². The van der Waals surface area contributed by atoms with E-state index in [1.54, 1.807) is 12.1 Å². The van der Waals surface area contributed by atoms with E-state index in [0.29, 0.717) is 39.1 Å². The number of hydrogen-bond donors (Lipinski definition) is 1. The smallest absolute Gasteiger partial charge is 0.222 e. The van der Waals surface area contributed by atoms with Gasteiger partial charge in [-0.2, -0.15) is 0 Å². The van der Waals surface area contributed by atoms with E-state index in [0.717, 1.165) is 5.75 Å². The van der Waals surface area contributed by atoms with E-state index >= 15 is 0 Å². The molecule has 0 aromatic heterocycles. The molecular weight excluding hydrogens is 262 g/mol. The molecule has 1 heterocycles. The third kappa shape index (κ3) is 4.76. The lowest BCUT2D eigenvalue weighted by atomic mass is 10.2. The molecule has 1 aliphatic heterocycles. The van der Waals surface area contributed by atoms with Gasteiger partial charge in [-0.1, -0.05) is 12.1 Å². The number of carbonyl (C=O) groups excluding carboxylic acids is 1. The molecule has 1 atom stereocenters. The van der Waals surface area contributed by atoms with Crippen LogP contribution in [0.1, 0.15) is 12.8 Å². The summed E-state index contributed by atoms with van der Waals surface area (Å²) in [5.74, 6) is 0.893. The van der Waals surface area contributed by atoms with Crippen LogP contribution in [0.2, 0.25) is 0 Å². The van der Waals surface area contributed by atoms with Crippen LogP contribution in [0.15, 0.2) is 24.3 Å². The fourth-order valence-electron chi connectivity index (χ4n) is 1.88. The summed E-state index contributed by atoms with van der Waals surface area (Å²) in [6.07, 6.45) is 1.05.